The van der Waals surface area contributed by atoms with Crippen LogP contribution < -0.4 is 5.32 Å². The summed E-state index contributed by atoms with van der Waals surface area (Å²) in [7, 11) is 0. The second kappa shape index (κ2) is 6.70. The SMILES string of the molecule is CC1CN(C(=O)Nc2cccc(-c3nnc4n3CCC4)c2)Cc2cncnc21. The van der Waals surface area contributed by atoms with Gasteiger partial charge in [0.05, 0.1) is 12.2 Å². The fourth-order valence-corrected chi connectivity index (χ4v) is 4.08. The maximum absolute atomic E-state index is 12.8. The fourth-order valence-electron chi connectivity index (χ4n) is 4.08. The van der Waals surface area contributed by atoms with Gasteiger partial charge in [0, 0.05) is 48.4 Å². The zero-order chi connectivity index (χ0) is 19.1. The molecule has 2 amide bonds. The van der Waals surface area contributed by atoms with Crippen LogP contribution in [0, 0.1) is 0 Å². The largest absolute Gasteiger partial charge is 0.322 e. The van der Waals surface area contributed by atoms with Crippen LogP contribution in [0.15, 0.2) is 36.8 Å². The van der Waals surface area contributed by atoms with Gasteiger partial charge in [-0.3, -0.25) is 0 Å². The van der Waals surface area contributed by atoms with Crippen molar-refractivity contribution in [1.29, 1.82) is 0 Å². The summed E-state index contributed by atoms with van der Waals surface area (Å²) < 4.78 is 2.16. The van der Waals surface area contributed by atoms with E-state index < -0.39 is 0 Å². The molecule has 3 aromatic rings. The van der Waals surface area contributed by atoms with Crippen LogP contribution in [0.2, 0.25) is 0 Å². The van der Waals surface area contributed by atoms with Crippen molar-refractivity contribution in [3.63, 3.8) is 0 Å². The normalized spacial score (nSPS) is 17.9. The number of carbonyl (C=O) groups excluding carboxylic acids is 1. The number of hydrogen-bond donors (Lipinski definition) is 1. The Morgan fingerprint density at radius 1 is 1.29 bits per heavy atom. The maximum Gasteiger partial charge on any atom is 0.322 e. The van der Waals surface area contributed by atoms with Crippen molar-refractivity contribution in [2.45, 2.75) is 38.8 Å². The standard InChI is InChI=1S/C20H21N7O/c1-13-10-26(11-15-9-21-12-22-18(13)15)20(28)23-16-5-2-4-14(8-16)19-25-24-17-6-3-7-27(17)19/h2,4-5,8-9,12-13H,3,6-7,10-11H2,1H3,(H,23,28). The number of urea groups is 1. The molecular formula is C20H21N7O. The van der Waals surface area contributed by atoms with Crippen LogP contribution in [-0.4, -0.2) is 42.2 Å². The Kier molecular flexibility index (Phi) is 4.03. The molecule has 0 saturated carbocycles. The summed E-state index contributed by atoms with van der Waals surface area (Å²) in [5, 5.41) is 11.6. The fraction of sp³-hybridized carbons (Fsp3) is 0.350. The summed E-state index contributed by atoms with van der Waals surface area (Å²) in [5.41, 5.74) is 3.75. The van der Waals surface area contributed by atoms with E-state index in [1.807, 2.05) is 24.3 Å². The van der Waals surface area contributed by atoms with Gasteiger partial charge in [0.25, 0.3) is 0 Å². The monoisotopic (exact) mass is 375 g/mol. The molecule has 2 aromatic heterocycles. The Hall–Kier alpha value is -3.29. The van der Waals surface area contributed by atoms with Crippen molar-refractivity contribution in [3.05, 3.63) is 53.9 Å². The van der Waals surface area contributed by atoms with Crippen molar-refractivity contribution in [3.8, 4) is 11.4 Å². The van der Waals surface area contributed by atoms with Gasteiger partial charge in [-0.1, -0.05) is 19.1 Å². The summed E-state index contributed by atoms with van der Waals surface area (Å²) in [6, 6.07) is 7.67. The van der Waals surface area contributed by atoms with Gasteiger partial charge in [-0.25, -0.2) is 14.8 Å². The molecule has 5 rings (SSSR count). The number of amides is 2. The molecule has 1 N–H and O–H groups in total. The molecule has 0 fully saturated rings. The summed E-state index contributed by atoms with van der Waals surface area (Å²) in [6.45, 7) is 4.18. The predicted octanol–water partition coefficient (Wildman–Crippen LogP) is 2.83. The number of fused-ring (bicyclic) bond motifs is 2. The molecule has 1 atom stereocenters. The number of aromatic nitrogens is 5. The lowest BCUT2D eigenvalue weighted by Crippen LogP contribution is -2.40. The first-order valence-electron chi connectivity index (χ1n) is 9.56. The van der Waals surface area contributed by atoms with Crippen LogP contribution in [0.5, 0.6) is 0 Å². The third-order valence-electron chi connectivity index (χ3n) is 5.41. The molecule has 8 heteroatoms. The van der Waals surface area contributed by atoms with Crippen molar-refractivity contribution in [2.75, 3.05) is 11.9 Å². The van der Waals surface area contributed by atoms with E-state index in [2.05, 4.69) is 37.0 Å². The summed E-state index contributed by atoms with van der Waals surface area (Å²) >= 11 is 0. The van der Waals surface area contributed by atoms with E-state index in [9.17, 15) is 4.79 Å². The Morgan fingerprint density at radius 2 is 2.21 bits per heavy atom. The Labute approximate surface area is 162 Å². The Balaban J connectivity index is 1.35. The molecular weight excluding hydrogens is 354 g/mol. The van der Waals surface area contributed by atoms with E-state index in [-0.39, 0.29) is 11.9 Å². The minimum atomic E-state index is -0.120. The van der Waals surface area contributed by atoms with Gasteiger partial charge in [-0.15, -0.1) is 10.2 Å². The zero-order valence-electron chi connectivity index (χ0n) is 15.7. The van der Waals surface area contributed by atoms with Gasteiger partial charge >= 0.3 is 6.03 Å². The minimum Gasteiger partial charge on any atom is -0.319 e. The predicted molar refractivity (Wildman–Crippen MR) is 104 cm³/mol. The molecule has 142 valence electrons. The number of hydrogen-bond acceptors (Lipinski definition) is 5. The van der Waals surface area contributed by atoms with Crippen LogP contribution in [-0.2, 0) is 19.5 Å². The van der Waals surface area contributed by atoms with Gasteiger partial charge < -0.3 is 14.8 Å². The third kappa shape index (κ3) is 2.90. The van der Waals surface area contributed by atoms with E-state index in [4.69, 9.17) is 0 Å². The number of nitrogens with zero attached hydrogens (tertiary/aromatic N) is 6. The number of nitrogens with one attached hydrogen (secondary N) is 1. The van der Waals surface area contributed by atoms with E-state index in [1.54, 1.807) is 17.4 Å². The molecule has 28 heavy (non-hydrogen) atoms. The molecule has 0 saturated heterocycles. The topological polar surface area (TPSA) is 88.8 Å². The average molecular weight is 375 g/mol. The van der Waals surface area contributed by atoms with Crippen LogP contribution in [0.4, 0.5) is 10.5 Å². The number of rotatable bonds is 2. The van der Waals surface area contributed by atoms with Gasteiger partial charge in [0.15, 0.2) is 5.82 Å². The van der Waals surface area contributed by atoms with Crippen molar-refractivity contribution in [1.82, 2.24) is 29.6 Å². The van der Waals surface area contributed by atoms with E-state index in [1.165, 1.54) is 0 Å². The lowest BCUT2D eigenvalue weighted by molar-refractivity contribution is 0.200. The Morgan fingerprint density at radius 3 is 3.14 bits per heavy atom. The van der Waals surface area contributed by atoms with Gasteiger partial charge in [-0.2, -0.15) is 0 Å². The molecule has 0 bridgehead atoms. The molecule has 8 nitrogen and oxygen atoms in total. The first-order valence-corrected chi connectivity index (χ1v) is 9.56. The highest BCUT2D eigenvalue weighted by Crippen LogP contribution is 2.27. The maximum atomic E-state index is 12.8. The average Bonchev–Trinajstić information content (AvgIpc) is 3.32. The number of carbonyl (C=O) groups is 1. The lowest BCUT2D eigenvalue weighted by atomic mass is 9.98. The molecule has 0 aliphatic carbocycles. The van der Waals surface area contributed by atoms with Crippen molar-refractivity contribution < 1.29 is 4.79 Å². The van der Waals surface area contributed by atoms with E-state index in [0.717, 1.165) is 53.5 Å². The molecule has 4 heterocycles. The van der Waals surface area contributed by atoms with Crippen LogP contribution in [0.1, 0.15) is 36.3 Å². The first-order chi connectivity index (χ1) is 13.7. The van der Waals surface area contributed by atoms with Crippen LogP contribution in [0.25, 0.3) is 11.4 Å². The smallest absolute Gasteiger partial charge is 0.319 e. The summed E-state index contributed by atoms with van der Waals surface area (Å²) in [4.78, 5) is 23.1. The third-order valence-corrected chi connectivity index (χ3v) is 5.41. The lowest BCUT2D eigenvalue weighted by Gasteiger charge is -2.31. The highest BCUT2D eigenvalue weighted by Gasteiger charge is 2.27. The molecule has 2 aliphatic heterocycles. The highest BCUT2D eigenvalue weighted by atomic mass is 16.2. The van der Waals surface area contributed by atoms with Crippen LogP contribution in [0.3, 0.4) is 0 Å². The quantitative estimate of drug-likeness (QED) is 0.744. The molecule has 0 radical (unpaired) electrons. The first kappa shape index (κ1) is 16.9. The second-order valence-corrected chi connectivity index (χ2v) is 7.42. The second-order valence-electron chi connectivity index (χ2n) is 7.42. The van der Waals surface area contributed by atoms with E-state index in [0.29, 0.717) is 13.1 Å². The summed E-state index contributed by atoms with van der Waals surface area (Å²) in [5.74, 6) is 2.08. The minimum absolute atomic E-state index is 0.120. The molecule has 0 spiro atoms. The number of benzene rings is 1. The molecule has 1 unspecified atom stereocenters. The Bertz CT molecular complexity index is 1040. The highest BCUT2D eigenvalue weighted by molar-refractivity contribution is 5.90. The van der Waals surface area contributed by atoms with Crippen molar-refractivity contribution >= 4 is 11.7 Å². The van der Waals surface area contributed by atoms with Crippen LogP contribution >= 0.6 is 0 Å². The molecule has 1 aromatic carbocycles. The van der Waals surface area contributed by atoms with Gasteiger partial charge in [-0.05, 0) is 18.6 Å². The molecule has 2 aliphatic rings. The van der Waals surface area contributed by atoms with Crippen molar-refractivity contribution in [2.24, 2.45) is 0 Å². The number of anilines is 1. The van der Waals surface area contributed by atoms with Gasteiger partial charge in [0.1, 0.15) is 12.2 Å². The van der Waals surface area contributed by atoms with E-state index >= 15 is 0 Å². The summed E-state index contributed by atoms with van der Waals surface area (Å²) in [6.07, 6.45) is 5.44. The zero-order valence-corrected chi connectivity index (χ0v) is 15.7. The van der Waals surface area contributed by atoms with Gasteiger partial charge in [0.2, 0.25) is 0 Å². The number of aryl methyl sites for hydroxylation is 1.